The maximum Gasteiger partial charge on any atom is 1.00 e. The minimum Gasteiger partial charge on any atom is -0.871 e. The van der Waals surface area contributed by atoms with E-state index in [1.54, 1.807) is 6.07 Å². The van der Waals surface area contributed by atoms with Crippen LogP contribution in [0.15, 0.2) is 65.1 Å². The van der Waals surface area contributed by atoms with Crippen LogP contribution in [0.3, 0.4) is 0 Å². The van der Waals surface area contributed by atoms with E-state index in [1.165, 1.54) is 0 Å². The van der Waals surface area contributed by atoms with Gasteiger partial charge in [0.25, 0.3) is 0 Å². The quantitative estimate of drug-likeness (QED) is 0.461. The van der Waals surface area contributed by atoms with Gasteiger partial charge in [0.2, 0.25) is 11.1 Å². The summed E-state index contributed by atoms with van der Waals surface area (Å²) in [6.07, 6.45) is 0. The van der Waals surface area contributed by atoms with E-state index in [9.17, 15) is 5.11 Å². The molecule has 1 N–H and O–H groups in total. The number of nitrogens with one attached hydrogen (secondary N) is 1. The Morgan fingerprint density at radius 3 is 2.48 bits per heavy atom. The normalized spacial score (nSPS) is 10.7. The van der Waals surface area contributed by atoms with Crippen LogP contribution in [0.5, 0.6) is 5.75 Å². The van der Waals surface area contributed by atoms with E-state index in [2.05, 4.69) is 4.98 Å². The molecule has 3 nitrogen and oxygen atoms in total. The Labute approximate surface area is 133 Å². The molecule has 1 aromatic heterocycles. The van der Waals surface area contributed by atoms with Crippen LogP contribution in [-0.2, 0) is 0 Å². The molecular formula is C17H11LiNO2+. The predicted octanol–water partition coefficient (Wildman–Crippen LogP) is 0.145. The van der Waals surface area contributed by atoms with Crippen LogP contribution < -0.4 is 29.0 Å². The smallest absolute Gasteiger partial charge is 0.871 e. The molecule has 3 aromatic carbocycles. The van der Waals surface area contributed by atoms with Gasteiger partial charge in [0.1, 0.15) is 0 Å². The van der Waals surface area contributed by atoms with Crippen LogP contribution in [0.25, 0.3) is 33.3 Å². The fraction of sp³-hybridized carbons (Fsp3) is 0. The average Bonchev–Trinajstić information content (AvgIpc) is 2.91. The standard InChI is InChI=1S/C17H11NO2.Li/c19-16-12-6-2-1-5-11(12)9-10-13(16)17-18-14-7-3-4-8-15(14)20-17;/h1-10,19H;/q;+1. The van der Waals surface area contributed by atoms with E-state index in [4.69, 9.17) is 4.42 Å². The van der Waals surface area contributed by atoms with Gasteiger partial charge in [-0.1, -0.05) is 48.2 Å². The van der Waals surface area contributed by atoms with Crippen LogP contribution in [0, 0.1) is 0 Å². The van der Waals surface area contributed by atoms with Gasteiger partial charge in [0, 0.05) is 6.07 Å². The molecule has 0 aliphatic heterocycles. The molecule has 21 heavy (non-hydrogen) atoms. The number of H-pyrrole nitrogens is 1. The molecule has 0 aliphatic carbocycles. The molecule has 4 rings (SSSR count). The van der Waals surface area contributed by atoms with Crippen molar-refractivity contribution in [2.45, 2.75) is 0 Å². The first kappa shape index (κ1) is 13.8. The Kier molecular flexibility index (Phi) is 3.46. The molecule has 96 valence electrons. The van der Waals surface area contributed by atoms with Gasteiger partial charge >= 0.3 is 24.8 Å². The molecule has 0 saturated heterocycles. The number of hydrogen-bond donors (Lipinski definition) is 0. The molecule has 0 aliphatic rings. The third kappa shape index (κ3) is 2.21. The molecular weight excluding hydrogens is 257 g/mol. The average molecular weight is 268 g/mol. The Bertz CT molecular complexity index is 897. The number of fused-ring (bicyclic) bond motifs is 2. The zero-order valence-electron chi connectivity index (χ0n) is 11.6. The fourth-order valence-electron chi connectivity index (χ4n) is 2.46. The third-order valence-corrected chi connectivity index (χ3v) is 3.47. The van der Waals surface area contributed by atoms with Crippen LogP contribution in [0.4, 0.5) is 0 Å². The van der Waals surface area contributed by atoms with Gasteiger partial charge in [0.05, 0.1) is 5.56 Å². The van der Waals surface area contributed by atoms with Gasteiger partial charge in [-0.3, -0.25) is 0 Å². The maximum atomic E-state index is 12.5. The SMILES string of the molecule is [Li+].[O-]c1c(-c2[nH+]c3ccccc3o2)ccc2ccccc12. The zero-order valence-corrected chi connectivity index (χ0v) is 11.6. The summed E-state index contributed by atoms with van der Waals surface area (Å²) in [6, 6.07) is 18.9. The van der Waals surface area contributed by atoms with E-state index < -0.39 is 0 Å². The van der Waals surface area contributed by atoms with Gasteiger partial charge < -0.3 is 9.52 Å². The third-order valence-electron chi connectivity index (χ3n) is 3.47. The van der Waals surface area contributed by atoms with Crippen molar-refractivity contribution in [2.24, 2.45) is 0 Å². The molecule has 0 unspecified atom stereocenters. The molecule has 0 fully saturated rings. The Hall–Kier alpha value is -2.21. The Balaban J connectivity index is 0.00000132. The first-order valence-electron chi connectivity index (χ1n) is 6.43. The summed E-state index contributed by atoms with van der Waals surface area (Å²) in [5.41, 5.74) is 2.19. The second-order valence-corrected chi connectivity index (χ2v) is 4.72. The number of benzene rings is 3. The second-order valence-electron chi connectivity index (χ2n) is 4.72. The van der Waals surface area contributed by atoms with Gasteiger partial charge in [-0.15, -0.1) is 0 Å². The molecule has 4 heteroatoms. The molecule has 0 atom stereocenters. The van der Waals surface area contributed by atoms with Crippen molar-refractivity contribution in [3.63, 3.8) is 0 Å². The summed E-state index contributed by atoms with van der Waals surface area (Å²) in [7, 11) is 0. The van der Waals surface area contributed by atoms with Gasteiger partial charge in [-0.2, -0.15) is 4.98 Å². The second kappa shape index (κ2) is 5.29. The number of rotatable bonds is 1. The first-order valence-corrected chi connectivity index (χ1v) is 6.43. The van der Waals surface area contributed by atoms with Crippen molar-refractivity contribution in [2.75, 3.05) is 0 Å². The minimum absolute atomic E-state index is 0. The van der Waals surface area contributed by atoms with Crippen molar-refractivity contribution < 1.29 is 33.4 Å². The summed E-state index contributed by atoms with van der Waals surface area (Å²) in [5.74, 6) is 0.486. The van der Waals surface area contributed by atoms with E-state index in [1.807, 2.05) is 54.6 Å². The van der Waals surface area contributed by atoms with Crippen molar-refractivity contribution in [1.82, 2.24) is 0 Å². The van der Waals surface area contributed by atoms with E-state index in [0.29, 0.717) is 16.8 Å². The topological polar surface area (TPSA) is 50.3 Å². The van der Waals surface area contributed by atoms with Crippen molar-refractivity contribution in [1.29, 1.82) is 0 Å². The minimum atomic E-state index is -0.0154. The number of hydrogen-bond acceptors (Lipinski definition) is 2. The molecule has 0 radical (unpaired) electrons. The van der Waals surface area contributed by atoms with Crippen molar-refractivity contribution in [3.05, 3.63) is 60.7 Å². The van der Waals surface area contributed by atoms with Gasteiger partial charge in [-0.05, 0) is 22.9 Å². The molecule has 0 bridgehead atoms. The maximum absolute atomic E-state index is 12.5. The van der Waals surface area contributed by atoms with E-state index >= 15 is 0 Å². The van der Waals surface area contributed by atoms with Crippen molar-refractivity contribution in [3.8, 4) is 17.2 Å². The summed E-state index contributed by atoms with van der Waals surface area (Å²) in [5, 5.41) is 14.2. The van der Waals surface area contributed by atoms with Crippen molar-refractivity contribution >= 4 is 21.9 Å². The number of aromatic nitrogens is 1. The summed E-state index contributed by atoms with van der Waals surface area (Å²) < 4.78 is 5.73. The number of aromatic amines is 1. The molecule has 0 saturated carbocycles. The fourth-order valence-corrected chi connectivity index (χ4v) is 2.46. The number of oxazole rings is 1. The van der Waals surface area contributed by atoms with Crippen LogP contribution in [0.1, 0.15) is 0 Å². The summed E-state index contributed by atoms with van der Waals surface area (Å²) in [4.78, 5) is 3.15. The Morgan fingerprint density at radius 2 is 1.62 bits per heavy atom. The number of para-hydroxylation sites is 2. The van der Waals surface area contributed by atoms with Gasteiger partial charge in [-0.25, -0.2) is 0 Å². The molecule has 0 spiro atoms. The van der Waals surface area contributed by atoms with E-state index in [0.717, 1.165) is 16.5 Å². The zero-order chi connectivity index (χ0) is 13.5. The Morgan fingerprint density at radius 1 is 0.857 bits per heavy atom. The first-order chi connectivity index (χ1) is 9.83. The molecule has 1 heterocycles. The van der Waals surface area contributed by atoms with E-state index in [-0.39, 0.29) is 24.6 Å². The largest absolute Gasteiger partial charge is 1.00 e. The summed E-state index contributed by atoms with van der Waals surface area (Å²) in [6.45, 7) is 0. The predicted molar refractivity (Wildman–Crippen MR) is 75.2 cm³/mol. The molecule has 0 amide bonds. The van der Waals surface area contributed by atoms with Gasteiger partial charge in [0.15, 0.2) is 0 Å². The van der Waals surface area contributed by atoms with Crippen LogP contribution in [-0.4, -0.2) is 0 Å². The molecule has 4 aromatic rings. The summed E-state index contributed by atoms with van der Waals surface area (Å²) >= 11 is 0. The monoisotopic (exact) mass is 268 g/mol. The van der Waals surface area contributed by atoms with Crippen LogP contribution >= 0.6 is 0 Å². The van der Waals surface area contributed by atoms with Crippen LogP contribution in [0.2, 0.25) is 0 Å².